The first-order valence-corrected chi connectivity index (χ1v) is 8.77. The average molecular weight is 298 g/mol. The van der Waals surface area contributed by atoms with Gasteiger partial charge in [-0.2, -0.15) is 0 Å². The Labute approximate surface area is 120 Å². The lowest BCUT2D eigenvalue weighted by Crippen LogP contribution is -2.28. The highest BCUT2D eigenvalue weighted by Crippen LogP contribution is 2.24. The van der Waals surface area contributed by atoms with Gasteiger partial charge in [0.05, 0.1) is 11.0 Å². The molecule has 1 aliphatic rings. The number of ether oxygens (including phenoxy) is 1. The van der Waals surface area contributed by atoms with Crippen LogP contribution >= 0.6 is 0 Å². The van der Waals surface area contributed by atoms with Crippen molar-refractivity contribution in [3.05, 3.63) is 29.8 Å². The predicted octanol–water partition coefficient (Wildman–Crippen LogP) is 1.55. The van der Waals surface area contributed by atoms with Crippen LogP contribution < -0.4 is 11.3 Å². The number of benzene rings is 1. The van der Waals surface area contributed by atoms with Gasteiger partial charge in [0.25, 0.3) is 0 Å². The zero-order chi connectivity index (χ0) is 14.6. The predicted molar refractivity (Wildman–Crippen MR) is 77.8 cm³/mol. The maximum atomic E-state index is 11.4. The maximum absolute atomic E-state index is 11.4. The Kier molecular flexibility index (Phi) is 5.15. The standard InChI is InChI=1S/C14H22N2O3S/c1-20(17,18)13-7-4-11(5-8-13)14(16-15)9-6-12-3-2-10-19-12/h4-5,7-8,12,14,16H,2-3,6,9-10,15H2,1H3. The highest BCUT2D eigenvalue weighted by molar-refractivity contribution is 7.90. The molecule has 1 aliphatic heterocycles. The molecule has 112 valence electrons. The van der Waals surface area contributed by atoms with Crippen LogP contribution in [0.2, 0.25) is 0 Å². The zero-order valence-corrected chi connectivity index (χ0v) is 12.5. The number of hydrogen-bond donors (Lipinski definition) is 2. The van der Waals surface area contributed by atoms with Gasteiger partial charge in [-0.1, -0.05) is 12.1 Å². The molecular formula is C14H22N2O3S. The summed E-state index contributed by atoms with van der Waals surface area (Å²) in [5.41, 5.74) is 3.79. The summed E-state index contributed by atoms with van der Waals surface area (Å²) >= 11 is 0. The Hall–Kier alpha value is -0.950. The normalized spacial score (nSPS) is 21.0. The lowest BCUT2D eigenvalue weighted by atomic mass is 10.00. The van der Waals surface area contributed by atoms with Gasteiger partial charge < -0.3 is 4.74 Å². The molecule has 5 nitrogen and oxygen atoms in total. The average Bonchev–Trinajstić information content (AvgIpc) is 2.92. The Morgan fingerprint density at radius 2 is 2.10 bits per heavy atom. The highest BCUT2D eigenvalue weighted by Gasteiger charge is 2.18. The minimum Gasteiger partial charge on any atom is -0.378 e. The summed E-state index contributed by atoms with van der Waals surface area (Å²) in [5, 5.41) is 0. The smallest absolute Gasteiger partial charge is 0.175 e. The van der Waals surface area contributed by atoms with E-state index in [2.05, 4.69) is 5.43 Å². The number of hydrogen-bond acceptors (Lipinski definition) is 5. The van der Waals surface area contributed by atoms with Crippen molar-refractivity contribution in [2.45, 2.75) is 42.7 Å². The monoisotopic (exact) mass is 298 g/mol. The molecule has 0 aromatic heterocycles. The third-order valence-corrected chi connectivity index (χ3v) is 4.84. The molecule has 1 aromatic carbocycles. The van der Waals surface area contributed by atoms with Crippen molar-refractivity contribution >= 4 is 9.84 Å². The van der Waals surface area contributed by atoms with Gasteiger partial charge in [-0.05, 0) is 43.4 Å². The molecule has 1 saturated heterocycles. The summed E-state index contributed by atoms with van der Waals surface area (Å²) in [6.45, 7) is 0.856. The van der Waals surface area contributed by atoms with Gasteiger partial charge in [0, 0.05) is 18.9 Å². The third-order valence-electron chi connectivity index (χ3n) is 3.71. The first kappa shape index (κ1) is 15.4. The van der Waals surface area contributed by atoms with Crippen molar-refractivity contribution < 1.29 is 13.2 Å². The van der Waals surface area contributed by atoms with Crippen LogP contribution in [0.1, 0.15) is 37.3 Å². The fourth-order valence-corrected chi connectivity index (χ4v) is 3.15. The highest BCUT2D eigenvalue weighted by atomic mass is 32.2. The molecule has 1 heterocycles. The minimum absolute atomic E-state index is 0.0211. The van der Waals surface area contributed by atoms with E-state index >= 15 is 0 Å². The molecule has 2 unspecified atom stereocenters. The van der Waals surface area contributed by atoms with Crippen LogP contribution in [-0.4, -0.2) is 27.4 Å². The van der Waals surface area contributed by atoms with Gasteiger partial charge in [0.15, 0.2) is 9.84 Å². The van der Waals surface area contributed by atoms with E-state index in [1.165, 1.54) is 6.26 Å². The van der Waals surface area contributed by atoms with Crippen molar-refractivity contribution in [1.82, 2.24) is 5.43 Å². The Balaban J connectivity index is 1.99. The minimum atomic E-state index is -3.15. The van der Waals surface area contributed by atoms with Crippen LogP contribution in [0.4, 0.5) is 0 Å². The molecule has 1 fully saturated rings. The lowest BCUT2D eigenvalue weighted by Gasteiger charge is -2.18. The molecule has 20 heavy (non-hydrogen) atoms. The molecule has 0 amide bonds. The van der Waals surface area contributed by atoms with Crippen molar-refractivity contribution in [3.8, 4) is 0 Å². The van der Waals surface area contributed by atoms with Crippen molar-refractivity contribution in [2.75, 3.05) is 12.9 Å². The molecule has 0 radical (unpaired) electrons. The Morgan fingerprint density at radius 3 is 2.60 bits per heavy atom. The third kappa shape index (κ3) is 4.02. The first-order chi connectivity index (χ1) is 9.50. The molecule has 2 rings (SSSR count). The molecular weight excluding hydrogens is 276 g/mol. The lowest BCUT2D eigenvalue weighted by molar-refractivity contribution is 0.0996. The second-order valence-corrected chi connectivity index (χ2v) is 7.29. The quantitative estimate of drug-likeness (QED) is 0.615. The number of nitrogens with one attached hydrogen (secondary N) is 1. The Morgan fingerprint density at radius 1 is 1.40 bits per heavy atom. The van der Waals surface area contributed by atoms with Gasteiger partial charge in [0.1, 0.15) is 0 Å². The van der Waals surface area contributed by atoms with Crippen LogP contribution in [-0.2, 0) is 14.6 Å². The van der Waals surface area contributed by atoms with Gasteiger partial charge in [-0.3, -0.25) is 11.3 Å². The SMILES string of the molecule is CS(=O)(=O)c1ccc(C(CCC2CCCO2)NN)cc1. The fraction of sp³-hybridized carbons (Fsp3) is 0.571. The van der Waals surface area contributed by atoms with Crippen LogP contribution in [0.3, 0.4) is 0 Å². The number of rotatable bonds is 6. The fourth-order valence-electron chi connectivity index (χ4n) is 2.52. The second-order valence-electron chi connectivity index (χ2n) is 5.27. The molecule has 6 heteroatoms. The molecule has 2 atom stereocenters. The Bertz CT molecular complexity index is 522. The van der Waals surface area contributed by atoms with E-state index in [1.807, 2.05) is 12.1 Å². The number of hydrazine groups is 1. The summed E-state index contributed by atoms with van der Waals surface area (Å²) in [4.78, 5) is 0.330. The summed E-state index contributed by atoms with van der Waals surface area (Å²) in [7, 11) is -3.15. The van der Waals surface area contributed by atoms with E-state index in [4.69, 9.17) is 10.6 Å². The van der Waals surface area contributed by atoms with Crippen molar-refractivity contribution in [1.29, 1.82) is 0 Å². The molecule has 0 spiro atoms. The number of sulfone groups is 1. The van der Waals surface area contributed by atoms with E-state index in [-0.39, 0.29) is 6.04 Å². The van der Waals surface area contributed by atoms with Crippen LogP contribution in [0.15, 0.2) is 29.2 Å². The molecule has 1 aromatic rings. The van der Waals surface area contributed by atoms with Crippen molar-refractivity contribution in [2.24, 2.45) is 5.84 Å². The first-order valence-electron chi connectivity index (χ1n) is 6.88. The van der Waals surface area contributed by atoms with Crippen LogP contribution in [0.25, 0.3) is 0 Å². The summed E-state index contributed by atoms with van der Waals surface area (Å²) in [6, 6.07) is 6.91. The van der Waals surface area contributed by atoms with Crippen LogP contribution in [0, 0.1) is 0 Å². The second kappa shape index (κ2) is 6.67. The summed E-state index contributed by atoms with van der Waals surface area (Å²) in [6.07, 6.45) is 5.63. The topological polar surface area (TPSA) is 81.4 Å². The van der Waals surface area contributed by atoms with E-state index in [1.54, 1.807) is 12.1 Å². The van der Waals surface area contributed by atoms with Crippen molar-refractivity contribution in [3.63, 3.8) is 0 Å². The zero-order valence-electron chi connectivity index (χ0n) is 11.7. The van der Waals surface area contributed by atoms with Gasteiger partial charge in [0.2, 0.25) is 0 Å². The van der Waals surface area contributed by atoms with Crippen LogP contribution in [0.5, 0.6) is 0 Å². The van der Waals surface area contributed by atoms with Gasteiger partial charge in [-0.15, -0.1) is 0 Å². The van der Waals surface area contributed by atoms with Gasteiger partial charge in [-0.25, -0.2) is 8.42 Å². The largest absolute Gasteiger partial charge is 0.378 e. The molecule has 0 bridgehead atoms. The molecule has 3 N–H and O–H groups in total. The van der Waals surface area contributed by atoms with E-state index in [0.29, 0.717) is 11.0 Å². The molecule has 0 aliphatic carbocycles. The molecule has 0 saturated carbocycles. The van der Waals surface area contributed by atoms with Gasteiger partial charge >= 0.3 is 0 Å². The van der Waals surface area contributed by atoms with E-state index in [9.17, 15) is 8.42 Å². The van der Waals surface area contributed by atoms with E-state index < -0.39 is 9.84 Å². The van der Waals surface area contributed by atoms with E-state index in [0.717, 1.165) is 37.9 Å². The summed E-state index contributed by atoms with van der Waals surface area (Å²) < 4.78 is 28.5. The summed E-state index contributed by atoms with van der Waals surface area (Å²) in [5.74, 6) is 5.60. The maximum Gasteiger partial charge on any atom is 0.175 e. The number of nitrogens with two attached hydrogens (primary N) is 1.